The van der Waals surface area contributed by atoms with E-state index in [1.165, 1.54) is 0 Å². The molecule has 0 radical (unpaired) electrons. The third kappa shape index (κ3) is 2.48. The van der Waals surface area contributed by atoms with Crippen molar-refractivity contribution in [3.63, 3.8) is 0 Å². The van der Waals surface area contributed by atoms with Gasteiger partial charge in [0.2, 0.25) is 5.91 Å². The first-order valence-corrected chi connectivity index (χ1v) is 5.82. The highest BCUT2D eigenvalue weighted by molar-refractivity contribution is 5.86. The lowest BCUT2D eigenvalue weighted by Crippen LogP contribution is -2.55. The van der Waals surface area contributed by atoms with Crippen LogP contribution < -0.4 is 11.1 Å². The Balaban J connectivity index is 2.02. The van der Waals surface area contributed by atoms with Crippen LogP contribution in [-0.4, -0.2) is 34.6 Å². The molecule has 1 fully saturated rings. The van der Waals surface area contributed by atoms with Gasteiger partial charge in [-0.2, -0.15) is 0 Å². The van der Waals surface area contributed by atoms with Crippen molar-refractivity contribution in [3.8, 4) is 0 Å². The molecule has 1 aromatic rings. The van der Waals surface area contributed by atoms with Crippen LogP contribution in [0, 0.1) is 0 Å². The Kier molecular flexibility index (Phi) is 3.44. The number of amides is 1. The van der Waals surface area contributed by atoms with Crippen LogP contribution in [-0.2, 0) is 9.53 Å². The van der Waals surface area contributed by atoms with Gasteiger partial charge >= 0.3 is 0 Å². The smallest absolute Gasteiger partial charge is 0.243 e. The highest BCUT2D eigenvalue weighted by atomic mass is 16.5. The lowest BCUT2D eigenvalue weighted by Gasteiger charge is -2.24. The van der Waals surface area contributed by atoms with Crippen molar-refractivity contribution in [3.05, 3.63) is 18.2 Å². The van der Waals surface area contributed by atoms with Gasteiger partial charge in [0.25, 0.3) is 0 Å². The second-order valence-electron chi connectivity index (χ2n) is 4.37. The minimum atomic E-state index is -0.889. The van der Waals surface area contributed by atoms with E-state index in [0.717, 1.165) is 12.2 Å². The summed E-state index contributed by atoms with van der Waals surface area (Å²) < 4.78 is 5.18. The quantitative estimate of drug-likeness (QED) is 0.693. The van der Waals surface area contributed by atoms with Crippen LogP contribution in [0.2, 0.25) is 0 Å². The molecule has 0 spiro atoms. The zero-order valence-corrected chi connectivity index (χ0v) is 9.90. The van der Waals surface area contributed by atoms with Crippen LogP contribution in [0.1, 0.15) is 31.6 Å². The van der Waals surface area contributed by atoms with E-state index >= 15 is 0 Å². The number of nitrogens with one attached hydrogen (secondary N) is 2. The van der Waals surface area contributed by atoms with Gasteiger partial charge in [-0.25, -0.2) is 4.98 Å². The van der Waals surface area contributed by atoms with Crippen molar-refractivity contribution < 1.29 is 9.53 Å². The molecule has 1 saturated heterocycles. The van der Waals surface area contributed by atoms with Gasteiger partial charge in [0.1, 0.15) is 11.4 Å². The molecule has 17 heavy (non-hydrogen) atoms. The predicted molar refractivity (Wildman–Crippen MR) is 62.1 cm³/mol. The Bertz CT molecular complexity index is 371. The van der Waals surface area contributed by atoms with Crippen LogP contribution in [0.4, 0.5) is 0 Å². The Hall–Kier alpha value is -1.40. The second kappa shape index (κ2) is 4.85. The zero-order chi connectivity index (χ0) is 12.3. The van der Waals surface area contributed by atoms with E-state index in [0.29, 0.717) is 13.0 Å². The molecule has 2 rings (SSSR count). The lowest BCUT2D eigenvalue weighted by atomic mass is 9.98. The summed E-state index contributed by atoms with van der Waals surface area (Å²) in [4.78, 5) is 19.2. The summed E-state index contributed by atoms with van der Waals surface area (Å²) in [5.41, 5.74) is 5.10. The number of carbonyl (C=O) groups is 1. The van der Waals surface area contributed by atoms with Gasteiger partial charge in [0.15, 0.2) is 0 Å². The van der Waals surface area contributed by atoms with Gasteiger partial charge in [0, 0.05) is 19.0 Å². The van der Waals surface area contributed by atoms with Crippen molar-refractivity contribution in [1.29, 1.82) is 0 Å². The molecule has 6 heteroatoms. The number of hydrogen-bond donors (Lipinski definition) is 3. The Labute approximate surface area is 99.9 Å². The molecule has 0 aliphatic carbocycles. The molecule has 1 aliphatic rings. The molecule has 0 bridgehead atoms. The molecule has 4 N–H and O–H groups in total. The Morgan fingerprint density at radius 3 is 3.18 bits per heavy atom. The second-order valence-corrected chi connectivity index (χ2v) is 4.37. The Morgan fingerprint density at radius 2 is 2.65 bits per heavy atom. The molecule has 1 aliphatic heterocycles. The van der Waals surface area contributed by atoms with E-state index < -0.39 is 5.54 Å². The van der Waals surface area contributed by atoms with Gasteiger partial charge < -0.3 is 20.8 Å². The third-order valence-electron chi connectivity index (χ3n) is 3.07. The normalized spacial score (nSPS) is 25.8. The summed E-state index contributed by atoms with van der Waals surface area (Å²) in [7, 11) is 0. The van der Waals surface area contributed by atoms with Gasteiger partial charge in [-0.05, 0) is 12.8 Å². The molecule has 2 atom stereocenters. The Morgan fingerprint density at radius 1 is 1.82 bits per heavy atom. The molecule has 0 aromatic carbocycles. The standard InChI is InChI=1S/C11H18N4O2/c1-2-8(9-13-4-5-14-9)15-10(16)11(12)3-6-17-7-11/h4-5,8H,2-3,6-7,12H2,1H3,(H,13,14)(H,15,16). The molecule has 1 amide bonds. The first kappa shape index (κ1) is 12.1. The summed E-state index contributed by atoms with van der Waals surface area (Å²) >= 11 is 0. The average molecular weight is 238 g/mol. The number of nitrogens with two attached hydrogens (primary N) is 1. The van der Waals surface area contributed by atoms with Crippen LogP contribution in [0.3, 0.4) is 0 Å². The molecule has 2 unspecified atom stereocenters. The molecule has 1 aromatic heterocycles. The van der Waals surface area contributed by atoms with Crippen molar-refractivity contribution in [2.45, 2.75) is 31.3 Å². The fourth-order valence-electron chi connectivity index (χ4n) is 1.89. The maximum Gasteiger partial charge on any atom is 0.243 e. The van der Waals surface area contributed by atoms with E-state index in [2.05, 4.69) is 15.3 Å². The fraction of sp³-hybridized carbons (Fsp3) is 0.636. The molecule has 6 nitrogen and oxygen atoms in total. The number of hydrogen-bond acceptors (Lipinski definition) is 4. The summed E-state index contributed by atoms with van der Waals surface area (Å²) in [5, 5.41) is 2.91. The van der Waals surface area contributed by atoms with Crippen LogP contribution >= 0.6 is 0 Å². The van der Waals surface area contributed by atoms with E-state index in [1.807, 2.05) is 6.92 Å². The maximum atomic E-state index is 12.1. The average Bonchev–Trinajstić information content (AvgIpc) is 2.97. The van der Waals surface area contributed by atoms with E-state index in [4.69, 9.17) is 10.5 Å². The predicted octanol–water partition coefficient (Wildman–Crippen LogP) is 0.0948. The van der Waals surface area contributed by atoms with Gasteiger partial charge in [-0.1, -0.05) is 6.92 Å². The van der Waals surface area contributed by atoms with E-state index in [-0.39, 0.29) is 18.6 Å². The van der Waals surface area contributed by atoms with Crippen molar-refractivity contribution >= 4 is 5.91 Å². The number of aromatic nitrogens is 2. The minimum Gasteiger partial charge on any atom is -0.379 e. The number of H-pyrrole nitrogens is 1. The molecule has 2 heterocycles. The van der Waals surface area contributed by atoms with Gasteiger partial charge in [0.05, 0.1) is 12.6 Å². The number of ether oxygens (including phenoxy) is 1. The number of nitrogens with zero attached hydrogens (tertiary/aromatic N) is 1. The highest BCUT2D eigenvalue weighted by Crippen LogP contribution is 2.18. The topological polar surface area (TPSA) is 93.0 Å². The molecular weight excluding hydrogens is 220 g/mol. The van der Waals surface area contributed by atoms with Crippen molar-refractivity contribution in [2.75, 3.05) is 13.2 Å². The lowest BCUT2D eigenvalue weighted by molar-refractivity contribution is -0.127. The van der Waals surface area contributed by atoms with Gasteiger partial charge in [-0.3, -0.25) is 4.79 Å². The zero-order valence-electron chi connectivity index (χ0n) is 9.90. The SMILES string of the molecule is CCC(NC(=O)C1(N)CCOC1)c1ncc[nH]1. The summed E-state index contributed by atoms with van der Waals surface area (Å²) in [6.45, 7) is 2.82. The van der Waals surface area contributed by atoms with Gasteiger partial charge in [-0.15, -0.1) is 0 Å². The van der Waals surface area contributed by atoms with Crippen LogP contribution in [0.25, 0.3) is 0 Å². The number of aromatic amines is 1. The van der Waals surface area contributed by atoms with E-state index in [1.54, 1.807) is 12.4 Å². The van der Waals surface area contributed by atoms with E-state index in [9.17, 15) is 4.79 Å². The summed E-state index contributed by atoms with van der Waals surface area (Å²) in [6.07, 6.45) is 4.73. The summed E-state index contributed by atoms with van der Waals surface area (Å²) in [6, 6.07) is -0.126. The number of imidazole rings is 1. The third-order valence-corrected chi connectivity index (χ3v) is 3.07. The van der Waals surface area contributed by atoms with Crippen molar-refractivity contribution in [1.82, 2.24) is 15.3 Å². The first-order valence-electron chi connectivity index (χ1n) is 5.82. The maximum absolute atomic E-state index is 12.1. The minimum absolute atomic E-state index is 0.126. The largest absolute Gasteiger partial charge is 0.379 e. The molecular formula is C11H18N4O2. The summed E-state index contributed by atoms with van der Waals surface area (Å²) in [5.74, 6) is 0.585. The molecule has 94 valence electrons. The first-order chi connectivity index (χ1) is 8.15. The van der Waals surface area contributed by atoms with Crippen molar-refractivity contribution in [2.24, 2.45) is 5.73 Å². The number of carbonyl (C=O) groups excluding carboxylic acids is 1. The highest BCUT2D eigenvalue weighted by Gasteiger charge is 2.39. The number of rotatable bonds is 4. The fourth-order valence-corrected chi connectivity index (χ4v) is 1.89. The molecule has 0 saturated carbocycles. The van der Waals surface area contributed by atoms with Crippen LogP contribution in [0.5, 0.6) is 0 Å². The monoisotopic (exact) mass is 238 g/mol. The van der Waals surface area contributed by atoms with Crippen LogP contribution in [0.15, 0.2) is 12.4 Å².